The second kappa shape index (κ2) is 11.8. The van der Waals surface area contributed by atoms with Gasteiger partial charge >= 0.3 is 7.60 Å². The first kappa shape index (κ1) is 24.8. The lowest BCUT2D eigenvalue weighted by atomic mass is 10.0. The Labute approximate surface area is 182 Å². The average molecular weight is 447 g/mol. The van der Waals surface area contributed by atoms with Crippen LogP contribution in [0.2, 0.25) is 0 Å². The van der Waals surface area contributed by atoms with Crippen molar-refractivity contribution < 1.29 is 23.9 Å². The summed E-state index contributed by atoms with van der Waals surface area (Å²) in [7, 11) is -4.48. The Morgan fingerprint density at radius 2 is 1.42 bits per heavy atom. The van der Waals surface area contributed by atoms with Gasteiger partial charge in [-0.25, -0.2) is 0 Å². The van der Waals surface area contributed by atoms with Crippen molar-refractivity contribution in [3.8, 4) is 0 Å². The van der Waals surface area contributed by atoms with E-state index in [1.54, 1.807) is 6.92 Å². The van der Waals surface area contributed by atoms with Crippen LogP contribution in [0.4, 0.5) is 0 Å². The van der Waals surface area contributed by atoms with Crippen molar-refractivity contribution in [3.05, 3.63) is 71.8 Å². The third kappa shape index (κ3) is 8.26. The van der Waals surface area contributed by atoms with Gasteiger partial charge in [-0.05, 0) is 24.0 Å². The van der Waals surface area contributed by atoms with Crippen LogP contribution in [0.5, 0.6) is 0 Å². The minimum atomic E-state index is -4.48. The van der Waals surface area contributed by atoms with Crippen molar-refractivity contribution in [2.75, 3.05) is 0 Å². The molecule has 8 nitrogen and oxygen atoms in total. The first-order chi connectivity index (χ1) is 14.7. The molecule has 0 radical (unpaired) electrons. The van der Waals surface area contributed by atoms with Gasteiger partial charge in [0.25, 0.3) is 0 Å². The summed E-state index contributed by atoms with van der Waals surface area (Å²) in [5.74, 6) is -2.40. The fraction of sp³-hybridized carbons (Fsp3) is 0.364. The van der Waals surface area contributed by atoms with Crippen LogP contribution in [0.15, 0.2) is 60.7 Å². The molecule has 2 aromatic carbocycles. The van der Waals surface area contributed by atoms with E-state index in [-0.39, 0.29) is 19.3 Å². The number of carbonyl (C=O) groups is 2. The number of primary amides is 1. The molecule has 0 fully saturated rings. The molecule has 0 aromatic heterocycles. The van der Waals surface area contributed by atoms with Crippen molar-refractivity contribution in [2.45, 2.75) is 50.5 Å². The third-order valence-electron chi connectivity index (χ3n) is 4.90. The lowest BCUT2D eigenvalue weighted by molar-refractivity contribution is -0.128. The molecule has 0 bridgehead atoms. The molecule has 0 heterocycles. The summed E-state index contributed by atoms with van der Waals surface area (Å²) in [4.78, 5) is 44.5. The molecule has 9 heteroatoms. The van der Waals surface area contributed by atoms with Gasteiger partial charge in [0.05, 0.1) is 6.04 Å². The molecule has 0 aliphatic rings. The van der Waals surface area contributed by atoms with Gasteiger partial charge in [0.2, 0.25) is 11.8 Å². The normalized spacial score (nSPS) is 14.4. The lowest BCUT2D eigenvalue weighted by Crippen LogP contribution is -2.55. The molecule has 1 unspecified atom stereocenters. The summed E-state index contributed by atoms with van der Waals surface area (Å²) < 4.78 is 11.9. The first-order valence-corrected chi connectivity index (χ1v) is 11.9. The largest absolute Gasteiger partial charge is 0.368 e. The summed E-state index contributed by atoms with van der Waals surface area (Å²) in [6, 6.07) is 16.4. The lowest BCUT2D eigenvalue weighted by Gasteiger charge is -2.27. The van der Waals surface area contributed by atoms with E-state index in [0.29, 0.717) is 6.42 Å². The minimum Gasteiger partial charge on any atom is -0.368 e. The molecule has 3 atom stereocenters. The molecule has 2 aromatic rings. The van der Waals surface area contributed by atoms with Crippen LogP contribution in [0.3, 0.4) is 0 Å². The maximum Gasteiger partial charge on any atom is 0.342 e. The highest BCUT2D eigenvalue weighted by molar-refractivity contribution is 7.52. The summed E-state index contributed by atoms with van der Waals surface area (Å²) in [5.41, 5.74) is 7.15. The summed E-state index contributed by atoms with van der Waals surface area (Å²) >= 11 is 0. The number of hydrogen-bond donors (Lipinski definition) is 5. The SMILES string of the molecule is CCCC(N[C@@H](Cc1ccccc1)C(=O)N[C@@H](Cc1ccccc1)C(N)=O)P(=O)(O)O. The zero-order chi connectivity index (χ0) is 22.9. The van der Waals surface area contributed by atoms with Gasteiger partial charge in [0, 0.05) is 6.42 Å². The standard InChI is InChI=1S/C22H30N3O5P/c1-2-9-20(31(28,29)30)24-19(15-17-12-7-4-8-13-17)22(27)25-18(21(23)26)14-16-10-5-3-6-11-16/h3-8,10-13,18-20,24H,2,9,14-15H2,1H3,(H2,23,26)(H,25,27)(H2,28,29,30)/t18-,19-,20?/m0/s1. The van der Waals surface area contributed by atoms with E-state index in [2.05, 4.69) is 10.6 Å². The van der Waals surface area contributed by atoms with Crippen molar-refractivity contribution in [3.63, 3.8) is 0 Å². The van der Waals surface area contributed by atoms with Crippen molar-refractivity contribution in [2.24, 2.45) is 5.73 Å². The van der Waals surface area contributed by atoms with Gasteiger partial charge in [-0.3, -0.25) is 19.5 Å². The fourth-order valence-corrected chi connectivity index (χ4v) is 4.24. The number of rotatable bonds is 12. The predicted molar refractivity (Wildman–Crippen MR) is 119 cm³/mol. The van der Waals surface area contributed by atoms with Gasteiger partial charge in [0.15, 0.2) is 0 Å². The van der Waals surface area contributed by atoms with E-state index in [4.69, 9.17) is 5.73 Å². The van der Waals surface area contributed by atoms with Gasteiger partial charge in [-0.15, -0.1) is 0 Å². The van der Waals surface area contributed by atoms with Crippen molar-refractivity contribution in [1.82, 2.24) is 10.6 Å². The maximum absolute atomic E-state index is 13.1. The molecule has 0 spiro atoms. The Hall–Kier alpha value is -2.51. The molecule has 0 aliphatic carbocycles. The quantitative estimate of drug-likeness (QED) is 0.314. The Balaban J connectivity index is 2.22. The molecule has 31 heavy (non-hydrogen) atoms. The molecule has 168 valence electrons. The van der Waals surface area contributed by atoms with Crippen LogP contribution in [0, 0.1) is 0 Å². The average Bonchev–Trinajstić information content (AvgIpc) is 2.73. The monoisotopic (exact) mass is 447 g/mol. The molecule has 6 N–H and O–H groups in total. The highest BCUT2D eigenvalue weighted by Crippen LogP contribution is 2.42. The minimum absolute atomic E-state index is 0.198. The molecule has 0 saturated heterocycles. The Morgan fingerprint density at radius 1 is 0.935 bits per heavy atom. The number of amides is 2. The zero-order valence-corrected chi connectivity index (χ0v) is 18.4. The number of carbonyl (C=O) groups excluding carboxylic acids is 2. The van der Waals surface area contributed by atoms with Gasteiger partial charge in [-0.1, -0.05) is 74.0 Å². The molecular weight excluding hydrogens is 417 g/mol. The van der Waals surface area contributed by atoms with E-state index < -0.39 is 37.3 Å². The summed E-state index contributed by atoms with van der Waals surface area (Å²) in [6.07, 6.45) is 1.15. The van der Waals surface area contributed by atoms with Crippen LogP contribution in [-0.2, 0) is 27.0 Å². The van der Waals surface area contributed by atoms with E-state index in [0.717, 1.165) is 11.1 Å². The van der Waals surface area contributed by atoms with E-state index in [9.17, 15) is 23.9 Å². The Kier molecular flexibility index (Phi) is 9.40. The second-order valence-corrected chi connectivity index (χ2v) is 9.26. The number of nitrogens with one attached hydrogen (secondary N) is 2. The van der Waals surface area contributed by atoms with Crippen LogP contribution in [0.25, 0.3) is 0 Å². The van der Waals surface area contributed by atoms with Crippen LogP contribution in [0.1, 0.15) is 30.9 Å². The van der Waals surface area contributed by atoms with Crippen LogP contribution >= 0.6 is 7.60 Å². The fourth-order valence-electron chi connectivity index (χ4n) is 3.28. The summed E-state index contributed by atoms with van der Waals surface area (Å²) in [5, 5.41) is 5.48. The number of hydrogen-bond acceptors (Lipinski definition) is 4. The highest BCUT2D eigenvalue weighted by atomic mass is 31.2. The number of nitrogens with two attached hydrogens (primary N) is 1. The Bertz CT molecular complexity index is 889. The van der Waals surface area contributed by atoms with Crippen LogP contribution in [-0.4, -0.2) is 39.5 Å². The Morgan fingerprint density at radius 3 is 1.84 bits per heavy atom. The maximum atomic E-state index is 13.1. The predicted octanol–water partition coefficient (Wildman–Crippen LogP) is 1.70. The molecule has 0 saturated carbocycles. The van der Waals surface area contributed by atoms with E-state index in [1.807, 2.05) is 60.7 Å². The van der Waals surface area contributed by atoms with Gasteiger partial charge in [-0.2, -0.15) is 0 Å². The van der Waals surface area contributed by atoms with E-state index in [1.165, 1.54) is 0 Å². The number of benzene rings is 2. The topological polar surface area (TPSA) is 142 Å². The van der Waals surface area contributed by atoms with Crippen LogP contribution < -0.4 is 16.4 Å². The van der Waals surface area contributed by atoms with E-state index >= 15 is 0 Å². The molecular formula is C22H30N3O5P. The van der Waals surface area contributed by atoms with Gasteiger partial charge < -0.3 is 20.8 Å². The smallest absolute Gasteiger partial charge is 0.342 e. The molecule has 0 aliphatic heterocycles. The summed E-state index contributed by atoms with van der Waals surface area (Å²) in [6.45, 7) is 1.81. The third-order valence-corrected chi connectivity index (χ3v) is 6.12. The van der Waals surface area contributed by atoms with Crippen molar-refractivity contribution >= 4 is 19.4 Å². The second-order valence-electron chi connectivity index (χ2n) is 7.46. The first-order valence-electron chi connectivity index (χ1n) is 10.2. The zero-order valence-electron chi connectivity index (χ0n) is 17.5. The highest BCUT2D eigenvalue weighted by Gasteiger charge is 2.33. The van der Waals surface area contributed by atoms with Gasteiger partial charge in [0.1, 0.15) is 11.8 Å². The van der Waals surface area contributed by atoms with Crippen molar-refractivity contribution in [1.29, 1.82) is 0 Å². The molecule has 2 rings (SSSR count). The molecule has 2 amide bonds.